The second-order valence-electron chi connectivity index (χ2n) is 4.80. The highest BCUT2D eigenvalue weighted by Crippen LogP contribution is 2.31. The van der Waals surface area contributed by atoms with Gasteiger partial charge in [0.05, 0.1) is 5.02 Å². The average Bonchev–Trinajstić information content (AvgIpc) is 2.45. The molecule has 2 nitrogen and oxygen atoms in total. The van der Waals surface area contributed by atoms with Crippen LogP contribution in [0.3, 0.4) is 0 Å². The largest absolute Gasteiger partial charge is 0.457 e. The molecule has 0 aliphatic heterocycles. The van der Waals surface area contributed by atoms with Crippen LogP contribution in [0.4, 0.5) is 4.39 Å². The predicted molar refractivity (Wildman–Crippen MR) is 84.9 cm³/mol. The number of halogens is 3. The molecule has 2 N–H and O–H groups in total. The van der Waals surface area contributed by atoms with Gasteiger partial charge in [0.25, 0.3) is 0 Å². The molecule has 1 atom stereocenters. The van der Waals surface area contributed by atoms with Gasteiger partial charge < -0.3 is 10.5 Å². The Bertz CT molecular complexity index is 634. The minimum atomic E-state index is -0.483. The summed E-state index contributed by atoms with van der Waals surface area (Å²) in [6.45, 7) is 2.03. The summed E-state index contributed by atoms with van der Waals surface area (Å²) in [5.74, 6) is 0.576. The Labute approximate surface area is 133 Å². The smallest absolute Gasteiger partial charge is 0.142 e. The summed E-state index contributed by atoms with van der Waals surface area (Å²) in [5, 5.41) is 0.577. The van der Waals surface area contributed by atoms with Crippen molar-refractivity contribution in [3.63, 3.8) is 0 Å². The molecule has 0 bridgehead atoms. The van der Waals surface area contributed by atoms with Gasteiger partial charge in [-0.2, -0.15) is 0 Å². The van der Waals surface area contributed by atoms with Crippen LogP contribution in [0, 0.1) is 5.82 Å². The van der Waals surface area contributed by atoms with E-state index in [1.807, 2.05) is 13.0 Å². The zero-order valence-electron chi connectivity index (χ0n) is 11.6. The minimum Gasteiger partial charge on any atom is -0.457 e. The second-order valence-corrected chi connectivity index (χ2v) is 5.65. The van der Waals surface area contributed by atoms with Gasteiger partial charge in [0.1, 0.15) is 17.3 Å². The molecule has 112 valence electrons. The molecule has 21 heavy (non-hydrogen) atoms. The maximum Gasteiger partial charge on any atom is 0.142 e. The highest BCUT2D eigenvalue weighted by atomic mass is 35.5. The molecule has 0 fully saturated rings. The van der Waals surface area contributed by atoms with Gasteiger partial charge in [-0.25, -0.2) is 4.39 Å². The quantitative estimate of drug-likeness (QED) is 0.818. The van der Waals surface area contributed by atoms with Crippen molar-refractivity contribution < 1.29 is 9.13 Å². The topological polar surface area (TPSA) is 35.2 Å². The number of hydrogen-bond acceptors (Lipinski definition) is 2. The van der Waals surface area contributed by atoms with Crippen molar-refractivity contribution in [1.29, 1.82) is 0 Å². The summed E-state index contributed by atoms with van der Waals surface area (Å²) in [6, 6.07) is 9.66. The van der Waals surface area contributed by atoms with Gasteiger partial charge in [-0.1, -0.05) is 36.2 Å². The van der Waals surface area contributed by atoms with Crippen molar-refractivity contribution in [2.24, 2.45) is 5.73 Å². The Morgan fingerprint density at radius 3 is 2.62 bits per heavy atom. The fraction of sp³-hybridized carbons (Fsp3) is 0.250. The predicted octanol–water partition coefficient (Wildman–Crippen LogP) is 5.20. The van der Waals surface area contributed by atoms with Crippen LogP contribution in [0.15, 0.2) is 36.4 Å². The van der Waals surface area contributed by atoms with Gasteiger partial charge in [-0.15, -0.1) is 0 Å². The third-order valence-corrected chi connectivity index (χ3v) is 3.68. The zero-order chi connectivity index (χ0) is 15.4. The van der Waals surface area contributed by atoms with E-state index in [1.165, 1.54) is 18.2 Å². The Hall–Kier alpha value is -1.29. The normalized spacial score (nSPS) is 12.2. The molecule has 0 spiro atoms. The van der Waals surface area contributed by atoms with Crippen LogP contribution < -0.4 is 10.5 Å². The standard InChI is InChI=1S/C16H16Cl2FNO/c1-2-12(20)7-10-3-4-11(17)8-16(10)21-13-5-6-15(19)14(18)9-13/h3-6,8-9,12H,2,7,20H2,1H3. The highest BCUT2D eigenvalue weighted by molar-refractivity contribution is 6.31. The Morgan fingerprint density at radius 2 is 1.95 bits per heavy atom. The number of ether oxygens (including phenoxy) is 1. The molecule has 0 heterocycles. The Balaban J connectivity index is 2.28. The van der Waals surface area contributed by atoms with Crippen molar-refractivity contribution in [1.82, 2.24) is 0 Å². The third kappa shape index (κ3) is 4.34. The third-order valence-electron chi connectivity index (χ3n) is 3.15. The van der Waals surface area contributed by atoms with Gasteiger partial charge in [0.2, 0.25) is 0 Å². The van der Waals surface area contributed by atoms with Gasteiger partial charge >= 0.3 is 0 Å². The van der Waals surface area contributed by atoms with E-state index in [-0.39, 0.29) is 11.1 Å². The van der Waals surface area contributed by atoms with E-state index in [0.29, 0.717) is 22.9 Å². The summed E-state index contributed by atoms with van der Waals surface area (Å²) in [4.78, 5) is 0. The SMILES string of the molecule is CCC(N)Cc1ccc(Cl)cc1Oc1ccc(F)c(Cl)c1. The fourth-order valence-electron chi connectivity index (χ4n) is 1.89. The molecule has 0 aliphatic rings. The van der Waals surface area contributed by atoms with Crippen molar-refractivity contribution in [2.75, 3.05) is 0 Å². The lowest BCUT2D eigenvalue weighted by molar-refractivity contribution is 0.470. The summed E-state index contributed by atoms with van der Waals surface area (Å²) >= 11 is 11.8. The van der Waals surface area contributed by atoms with Crippen LogP contribution in [0.25, 0.3) is 0 Å². The molecule has 0 saturated carbocycles. The van der Waals surface area contributed by atoms with Crippen molar-refractivity contribution in [3.8, 4) is 11.5 Å². The maximum atomic E-state index is 13.2. The van der Waals surface area contributed by atoms with Crippen molar-refractivity contribution in [3.05, 3.63) is 57.8 Å². The molecule has 0 aliphatic carbocycles. The maximum absolute atomic E-state index is 13.2. The van der Waals surface area contributed by atoms with E-state index in [2.05, 4.69) is 0 Å². The molecule has 1 unspecified atom stereocenters. The van der Waals surface area contributed by atoms with E-state index in [1.54, 1.807) is 12.1 Å². The molecule has 0 aromatic heterocycles. The first-order valence-electron chi connectivity index (χ1n) is 6.66. The van der Waals surface area contributed by atoms with Crippen LogP contribution in [0.1, 0.15) is 18.9 Å². The van der Waals surface area contributed by atoms with E-state index < -0.39 is 5.82 Å². The van der Waals surface area contributed by atoms with Gasteiger partial charge in [-0.3, -0.25) is 0 Å². The molecule has 5 heteroatoms. The molecule has 2 aromatic carbocycles. The summed E-state index contributed by atoms with van der Waals surface area (Å²) in [6.07, 6.45) is 1.54. The molecule has 2 aromatic rings. The van der Waals surface area contributed by atoms with E-state index in [9.17, 15) is 4.39 Å². The van der Waals surface area contributed by atoms with E-state index in [0.717, 1.165) is 12.0 Å². The van der Waals surface area contributed by atoms with Crippen molar-refractivity contribution in [2.45, 2.75) is 25.8 Å². The summed E-state index contributed by atoms with van der Waals surface area (Å²) in [7, 11) is 0. The van der Waals surface area contributed by atoms with E-state index >= 15 is 0 Å². The molecule has 0 radical (unpaired) electrons. The Morgan fingerprint density at radius 1 is 1.19 bits per heavy atom. The first kappa shape index (κ1) is 16.1. The number of hydrogen-bond donors (Lipinski definition) is 1. The van der Waals surface area contributed by atoms with E-state index in [4.69, 9.17) is 33.7 Å². The molecule has 0 amide bonds. The second kappa shape index (κ2) is 7.12. The monoisotopic (exact) mass is 327 g/mol. The highest BCUT2D eigenvalue weighted by Gasteiger charge is 2.11. The van der Waals surface area contributed by atoms with Crippen LogP contribution in [-0.4, -0.2) is 6.04 Å². The molecular formula is C16H16Cl2FNO. The summed E-state index contributed by atoms with van der Waals surface area (Å²) < 4.78 is 19.0. The number of rotatable bonds is 5. The fourth-order valence-corrected chi connectivity index (χ4v) is 2.22. The van der Waals surface area contributed by atoms with Gasteiger partial charge in [-0.05, 0) is 42.7 Å². The molecular weight excluding hydrogens is 312 g/mol. The first-order chi connectivity index (χ1) is 9.99. The number of benzene rings is 2. The number of nitrogens with two attached hydrogens (primary N) is 1. The lowest BCUT2D eigenvalue weighted by Crippen LogP contribution is -2.21. The molecule has 2 rings (SSSR count). The average molecular weight is 328 g/mol. The summed E-state index contributed by atoms with van der Waals surface area (Å²) in [5.41, 5.74) is 6.94. The molecule has 0 saturated heterocycles. The van der Waals surface area contributed by atoms with Gasteiger partial charge in [0.15, 0.2) is 0 Å². The Kier molecular flexibility index (Phi) is 5.45. The van der Waals surface area contributed by atoms with Crippen LogP contribution in [0.2, 0.25) is 10.0 Å². The van der Waals surface area contributed by atoms with Crippen LogP contribution >= 0.6 is 23.2 Å². The van der Waals surface area contributed by atoms with Crippen molar-refractivity contribution >= 4 is 23.2 Å². The lowest BCUT2D eigenvalue weighted by atomic mass is 10.0. The lowest BCUT2D eigenvalue weighted by Gasteiger charge is -2.15. The first-order valence-corrected chi connectivity index (χ1v) is 7.42. The van der Waals surface area contributed by atoms with Crippen LogP contribution in [0.5, 0.6) is 11.5 Å². The van der Waals surface area contributed by atoms with Crippen LogP contribution in [-0.2, 0) is 6.42 Å². The minimum absolute atomic E-state index is 0.0151. The zero-order valence-corrected chi connectivity index (χ0v) is 13.1. The van der Waals surface area contributed by atoms with Gasteiger partial charge in [0, 0.05) is 17.1 Å².